The Morgan fingerprint density at radius 3 is 1.44 bits per heavy atom. The summed E-state index contributed by atoms with van der Waals surface area (Å²) in [5.74, 6) is 0. The molecule has 2 N–H and O–H groups in total. The molecule has 0 bridgehead atoms. The SMILES string of the molecule is CCCCCCCCCCCOCC(COP(=O)(O)O)OCCCCCCCCCCC. The zero-order valence-corrected chi connectivity index (χ0v) is 22.0. The van der Waals surface area contributed by atoms with Gasteiger partial charge in [-0.05, 0) is 12.8 Å². The molecule has 0 radical (unpaired) electrons. The van der Waals surface area contributed by atoms with Crippen molar-refractivity contribution in [2.75, 3.05) is 26.4 Å². The Morgan fingerprint density at radius 1 is 0.594 bits per heavy atom. The first kappa shape index (κ1) is 32.0. The van der Waals surface area contributed by atoms with E-state index in [4.69, 9.17) is 19.3 Å². The van der Waals surface area contributed by atoms with Gasteiger partial charge < -0.3 is 19.3 Å². The lowest BCUT2D eigenvalue weighted by molar-refractivity contribution is -0.0429. The van der Waals surface area contributed by atoms with E-state index in [2.05, 4.69) is 18.4 Å². The first-order valence-corrected chi connectivity index (χ1v) is 14.9. The van der Waals surface area contributed by atoms with Crippen molar-refractivity contribution in [1.82, 2.24) is 0 Å². The molecule has 0 aromatic rings. The number of phosphoric ester groups is 1. The fraction of sp³-hybridized carbons (Fsp3) is 1.00. The van der Waals surface area contributed by atoms with Gasteiger partial charge in [-0.1, -0.05) is 117 Å². The van der Waals surface area contributed by atoms with Crippen LogP contribution in [0.1, 0.15) is 129 Å². The van der Waals surface area contributed by atoms with Gasteiger partial charge in [0.2, 0.25) is 0 Å². The minimum absolute atomic E-state index is 0.139. The van der Waals surface area contributed by atoms with E-state index < -0.39 is 13.9 Å². The fourth-order valence-electron chi connectivity index (χ4n) is 3.72. The van der Waals surface area contributed by atoms with Crippen LogP contribution >= 0.6 is 7.82 Å². The predicted octanol–water partition coefficient (Wildman–Crippen LogP) is 7.56. The quantitative estimate of drug-likeness (QED) is 0.0981. The van der Waals surface area contributed by atoms with E-state index in [-0.39, 0.29) is 6.61 Å². The van der Waals surface area contributed by atoms with Gasteiger partial charge in [-0.15, -0.1) is 0 Å². The van der Waals surface area contributed by atoms with Crippen LogP contribution in [0.4, 0.5) is 0 Å². The number of rotatable bonds is 26. The lowest BCUT2D eigenvalue weighted by Crippen LogP contribution is -2.26. The maximum atomic E-state index is 11.0. The molecule has 0 fully saturated rings. The molecule has 0 aromatic carbocycles. The van der Waals surface area contributed by atoms with Gasteiger partial charge in [0.05, 0.1) is 13.2 Å². The predicted molar refractivity (Wildman–Crippen MR) is 133 cm³/mol. The maximum absolute atomic E-state index is 11.0. The Hall–Kier alpha value is 0.0300. The van der Waals surface area contributed by atoms with Crippen molar-refractivity contribution >= 4 is 7.82 Å². The first-order chi connectivity index (χ1) is 15.5. The van der Waals surface area contributed by atoms with Gasteiger partial charge in [0.15, 0.2) is 0 Å². The standard InChI is InChI=1S/C25H53O6P/c1-3-5-7-9-11-13-15-17-19-21-29-23-25(24-31-32(26,27)28)30-22-20-18-16-14-12-10-8-6-4-2/h25H,3-24H2,1-2H3,(H2,26,27,28). The second kappa shape index (κ2) is 24.2. The molecule has 0 aliphatic heterocycles. The Balaban J connectivity index is 3.76. The molecule has 7 heteroatoms. The molecule has 0 aromatic heterocycles. The summed E-state index contributed by atoms with van der Waals surface area (Å²) in [7, 11) is -4.49. The summed E-state index contributed by atoms with van der Waals surface area (Å²) in [6.45, 7) is 5.88. The molecule has 32 heavy (non-hydrogen) atoms. The number of hydrogen-bond acceptors (Lipinski definition) is 4. The Labute approximate surface area is 198 Å². The molecule has 0 aliphatic carbocycles. The van der Waals surface area contributed by atoms with Gasteiger partial charge in [0.1, 0.15) is 6.10 Å². The molecule has 194 valence electrons. The zero-order chi connectivity index (χ0) is 23.8. The van der Waals surface area contributed by atoms with Gasteiger partial charge >= 0.3 is 7.82 Å². The molecule has 0 saturated carbocycles. The highest BCUT2D eigenvalue weighted by Crippen LogP contribution is 2.35. The lowest BCUT2D eigenvalue weighted by atomic mass is 10.1. The van der Waals surface area contributed by atoms with Crippen molar-refractivity contribution in [2.45, 2.75) is 136 Å². The summed E-state index contributed by atoms with van der Waals surface area (Å²) in [4.78, 5) is 17.9. The normalized spacial score (nSPS) is 13.0. The third kappa shape index (κ3) is 26.3. The topological polar surface area (TPSA) is 85.2 Å². The van der Waals surface area contributed by atoms with E-state index in [1.165, 1.54) is 89.9 Å². The summed E-state index contributed by atoms with van der Waals surface area (Å²) in [6, 6.07) is 0. The fourth-order valence-corrected chi connectivity index (χ4v) is 4.08. The molecule has 0 aliphatic rings. The van der Waals surface area contributed by atoms with E-state index >= 15 is 0 Å². The molecule has 1 atom stereocenters. The maximum Gasteiger partial charge on any atom is 0.469 e. The van der Waals surface area contributed by atoms with Gasteiger partial charge in [-0.2, -0.15) is 0 Å². The van der Waals surface area contributed by atoms with E-state index in [1.54, 1.807) is 0 Å². The molecule has 0 saturated heterocycles. The molecular weight excluding hydrogens is 427 g/mol. The van der Waals surface area contributed by atoms with E-state index in [9.17, 15) is 4.57 Å². The number of ether oxygens (including phenoxy) is 2. The van der Waals surface area contributed by atoms with Crippen LogP contribution in [0.25, 0.3) is 0 Å². The second-order valence-corrected chi connectivity index (χ2v) is 10.3. The van der Waals surface area contributed by atoms with E-state index in [1.807, 2.05) is 0 Å². The Morgan fingerprint density at radius 2 is 1.00 bits per heavy atom. The van der Waals surface area contributed by atoms with Crippen LogP contribution in [0.3, 0.4) is 0 Å². The van der Waals surface area contributed by atoms with Crippen molar-refractivity contribution in [1.29, 1.82) is 0 Å². The van der Waals surface area contributed by atoms with Gasteiger partial charge in [-0.25, -0.2) is 4.57 Å². The van der Waals surface area contributed by atoms with Crippen LogP contribution in [0.5, 0.6) is 0 Å². The highest BCUT2D eigenvalue weighted by atomic mass is 31.2. The van der Waals surface area contributed by atoms with Crippen molar-refractivity contribution in [3.63, 3.8) is 0 Å². The Bertz CT molecular complexity index is 415. The van der Waals surface area contributed by atoms with Gasteiger partial charge in [0, 0.05) is 13.2 Å². The highest BCUT2D eigenvalue weighted by molar-refractivity contribution is 7.46. The smallest absolute Gasteiger partial charge is 0.379 e. The van der Waals surface area contributed by atoms with Crippen LogP contribution < -0.4 is 0 Å². The molecule has 6 nitrogen and oxygen atoms in total. The molecule has 1 unspecified atom stereocenters. The van der Waals surface area contributed by atoms with Crippen molar-refractivity contribution < 1.29 is 28.3 Å². The summed E-state index contributed by atoms with van der Waals surface area (Å²) >= 11 is 0. The van der Waals surface area contributed by atoms with Crippen LogP contribution in [0, 0.1) is 0 Å². The first-order valence-electron chi connectivity index (χ1n) is 13.4. The van der Waals surface area contributed by atoms with Crippen LogP contribution in [0.2, 0.25) is 0 Å². The molecule has 0 heterocycles. The van der Waals surface area contributed by atoms with Crippen molar-refractivity contribution in [2.24, 2.45) is 0 Å². The average molecular weight is 481 g/mol. The second-order valence-electron chi connectivity index (χ2n) is 9.01. The molecular formula is C25H53O6P. The third-order valence-electron chi connectivity index (χ3n) is 5.73. The van der Waals surface area contributed by atoms with E-state index in [0.29, 0.717) is 19.8 Å². The summed E-state index contributed by atoms with van der Waals surface area (Å²) < 4.78 is 27.2. The summed E-state index contributed by atoms with van der Waals surface area (Å²) in [5.41, 5.74) is 0. The summed E-state index contributed by atoms with van der Waals surface area (Å²) in [6.07, 6.45) is 22.2. The molecule has 0 spiro atoms. The zero-order valence-electron chi connectivity index (χ0n) is 21.1. The van der Waals surface area contributed by atoms with Crippen LogP contribution in [-0.2, 0) is 18.6 Å². The number of phosphoric acid groups is 1. The van der Waals surface area contributed by atoms with E-state index in [0.717, 1.165) is 25.7 Å². The molecule has 0 amide bonds. The largest absolute Gasteiger partial charge is 0.469 e. The minimum Gasteiger partial charge on any atom is -0.379 e. The van der Waals surface area contributed by atoms with Gasteiger partial charge in [0.25, 0.3) is 0 Å². The van der Waals surface area contributed by atoms with Crippen molar-refractivity contribution in [3.8, 4) is 0 Å². The summed E-state index contributed by atoms with van der Waals surface area (Å²) in [5, 5.41) is 0. The lowest BCUT2D eigenvalue weighted by Gasteiger charge is -2.18. The number of unbranched alkanes of at least 4 members (excludes halogenated alkanes) is 16. The average Bonchev–Trinajstić information content (AvgIpc) is 2.75. The Kier molecular flexibility index (Phi) is 24.2. The minimum atomic E-state index is -4.49. The van der Waals surface area contributed by atoms with Crippen LogP contribution in [0.15, 0.2) is 0 Å². The van der Waals surface area contributed by atoms with Crippen LogP contribution in [-0.4, -0.2) is 42.3 Å². The number of hydrogen-bond donors (Lipinski definition) is 2. The molecule has 0 rings (SSSR count). The van der Waals surface area contributed by atoms with Crippen molar-refractivity contribution in [3.05, 3.63) is 0 Å². The van der Waals surface area contributed by atoms with Gasteiger partial charge in [-0.3, -0.25) is 4.52 Å². The highest BCUT2D eigenvalue weighted by Gasteiger charge is 2.19. The monoisotopic (exact) mass is 480 g/mol. The third-order valence-corrected chi connectivity index (χ3v) is 6.21.